The Balaban J connectivity index is 1.67. The average molecular weight is 420 g/mol. The van der Waals surface area contributed by atoms with E-state index in [1.165, 1.54) is 9.13 Å². The van der Waals surface area contributed by atoms with Gasteiger partial charge in [0.25, 0.3) is 11.5 Å². The summed E-state index contributed by atoms with van der Waals surface area (Å²) < 4.78 is 2.64. The Morgan fingerprint density at radius 1 is 1.03 bits per heavy atom. The molecule has 2 aromatic heterocycles. The normalized spacial score (nSPS) is 11.0. The van der Waals surface area contributed by atoms with Crippen molar-refractivity contribution in [1.29, 1.82) is 0 Å². The number of rotatable bonds is 5. The molecule has 0 unspecified atom stereocenters. The van der Waals surface area contributed by atoms with Crippen LogP contribution in [0.25, 0.3) is 10.2 Å². The largest absolute Gasteiger partial charge is 0.347 e. The van der Waals surface area contributed by atoms with Crippen LogP contribution in [0.4, 0.5) is 0 Å². The van der Waals surface area contributed by atoms with E-state index < -0.39 is 5.69 Å². The second-order valence-electron chi connectivity index (χ2n) is 7.16. The minimum absolute atomic E-state index is 0.187. The molecule has 152 valence electrons. The second kappa shape index (κ2) is 8.12. The zero-order valence-corrected chi connectivity index (χ0v) is 17.5. The van der Waals surface area contributed by atoms with Gasteiger partial charge in [0.15, 0.2) is 0 Å². The number of benzene rings is 2. The summed E-state index contributed by atoms with van der Waals surface area (Å²) in [7, 11) is 1.62. The first-order chi connectivity index (χ1) is 14.5. The van der Waals surface area contributed by atoms with Crippen molar-refractivity contribution in [2.45, 2.75) is 20.0 Å². The van der Waals surface area contributed by atoms with Crippen molar-refractivity contribution in [3.8, 4) is 0 Å². The Kier molecular flexibility index (Phi) is 5.37. The molecular weight excluding hydrogens is 398 g/mol. The lowest BCUT2D eigenvalue weighted by Crippen LogP contribution is -2.38. The van der Waals surface area contributed by atoms with E-state index in [1.807, 2.05) is 61.5 Å². The van der Waals surface area contributed by atoms with Crippen LogP contribution >= 0.6 is 11.3 Å². The molecule has 0 atom stereocenters. The molecule has 7 heteroatoms. The summed E-state index contributed by atoms with van der Waals surface area (Å²) in [6.45, 7) is 2.58. The molecule has 1 amide bonds. The van der Waals surface area contributed by atoms with E-state index in [-0.39, 0.29) is 18.0 Å². The van der Waals surface area contributed by atoms with Crippen molar-refractivity contribution < 1.29 is 4.79 Å². The highest BCUT2D eigenvalue weighted by atomic mass is 32.1. The molecule has 0 radical (unpaired) electrons. The first-order valence-electron chi connectivity index (χ1n) is 9.55. The smallest absolute Gasteiger partial charge is 0.332 e. The number of thiophene rings is 1. The van der Waals surface area contributed by atoms with Crippen molar-refractivity contribution >= 4 is 27.5 Å². The Hall–Kier alpha value is -3.45. The fourth-order valence-corrected chi connectivity index (χ4v) is 4.39. The number of carbonyl (C=O) groups excluding carboxylic acids is 1. The van der Waals surface area contributed by atoms with E-state index in [4.69, 9.17) is 0 Å². The maximum Gasteiger partial charge on any atom is 0.332 e. The zero-order chi connectivity index (χ0) is 21.3. The fraction of sp³-hybridized carbons (Fsp3) is 0.174. The van der Waals surface area contributed by atoms with Crippen LogP contribution in [0.5, 0.6) is 0 Å². The van der Waals surface area contributed by atoms with Crippen molar-refractivity contribution in [3.05, 3.63) is 103 Å². The monoisotopic (exact) mass is 419 g/mol. The molecule has 6 nitrogen and oxygen atoms in total. The third-order valence-electron chi connectivity index (χ3n) is 5.12. The second-order valence-corrected chi connectivity index (χ2v) is 8.19. The van der Waals surface area contributed by atoms with Crippen LogP contribution in [-0.4, -0.2) is 15.0 Å². The number of aryl methyl sites for hydroxylation is 2. The summed E-state index contributed by atoms with van der Waals surface area (Å²) in [5.41, 5.74) is 2.21. The minimum atomic E-state index is -0.398. The molecule has 0 spiro atoms. The van der Waals surface area contributed by atoms with Gasteiger partial charge in [0, 0.05) is 13.6 Å². The van der Waals surface area contributed by atoms with Crippen LogP contribution in [0.15, 0.2) is 70.3 Å². The van der Waals surface area contributed by atoms with Gasteiger partial charge in [-0.1, -0.05) is 54.6 Å². The van der Waals surface area contributed by atoms with Gasteiger partial charge in [0.2, 0.25) is 0 Å². The van der Waals surface area contributed by atoms with Crippen LogP contribution in [0.3, 0.4) is 0 Å². The number of hydrogen-bond acceptors (Lipinski definition) is 4. The number of amides is 1. The molecule has 2 heterocycles. The molecule has 0 aliphatic carbocycles. The number of nitrogens with one attached hydrogen (secondary N) is 1. The lowest BCUT2D eigenvalue weighted by molar-refractivity contribution is 0.0955. The molecule has 0 bridgehead atoms. The van der Waals surface area contributed by atoms with Crippen molar-refractivity contribution in [3.63, 3.8) is 0 Å². The Morgan fingerprint density at radius 2 is 1.73 bits per heavy atom. The van der Waals surface area contributed by atoms with Gasteiger partial charge < -0.3 is 5.32 Å². The molecule has 0 saturated heterocycles. The highest BCUT2D eigenvalue weighted by Gasteiger charge is 2.18. The third-order valence-corrected chi connectivity index (χ3v) is 6.33. The molecular formula is C23H21N3O3S. The van der Waals surface area contributed by atoms with Crippen LogP contribution in [-0.2, 0) is 20.1 Å². The van der Waals surface area contributed by atoms with Crippen LogP contribution in [0, 0.1) is 6.92 Å². The number of carbonyl (C=O) groups is 1. The summed E-state index contributed by atoms with van der Waals surface area (Å²) in [5, 5.41) is 3.27. The summed E-state index contributed by atoms with van der Waals surface area (Å²) in [6.07, 6.45) is 0. The van der Waals surface area contributed by atoms with Gasteiger partial charge >= 0.3 is 5.69 Å². The summed E-state index contributed by atoms with van der Waals surface area (Å²) in [4.78, 5) is 39.3. The van der Waals surface area contributed by atoms with Crippen molar-refractivity contribution in [1.82, 2.24) is 14.5 Å². The van der Waals surface area contributed by atoms with Crippen molar-refractivity contribution in [2.24, 2.45) is 7.05 Å². The molecule has 4 aromatic rings. The van der Waals surface area contributed by atoms with E-state index >= 15 is 0 Å². The SMILES string of the molecule is Cc1ccccc1CNC(=O)c1cc2c(=O)n(Cc3ccccc3)c(=O)n(C)c2s1. The summed E-state index contributed by atoms with van der Waals surface area (Å²) in [6, 6.07) is 18.8. The molecule has 0 aliphatic heterocycles. The lowest BCUT2D eigenvalue weighted by atomic mass is 10.1. The number of nitrogens with zero attached hydrogens (tertiary/aromatic N) is 2. The molecule has 30 heavy (non-hydrogen) atoms. The topological polar surface area (TPSA) is 73.1 Å². The molecule has 2 aromatic carbocycles. The van der Waals surface area contributed by atoms with E-state index in [9.17, 15) is 14.4 Å². The number of hydrogen-bond donors (Lipinski definition) is 1. The maximum absolute atomic E-state index is 13.0. The Bertz CT molecular complexity index is 1350. The fourth-order valence-electron chi connectivity index (χ4n) is 3.37. The first kappa shape index (κ1) is 19.8. The van der Waals surface area contributed by atoms with Gasteiger partial charge in [-0.15, -0.1) is 11.3 Å². The van der Waals surface area contributed by atoms with Gasteiger partial charge in [0.05, 0.1) is 16.8 Å². The number of aromatic nitrogens is 2. The van der Waals surface area contributed by atoms with E-state index in [0.717, 1.165) is 28.0 Å². The predicted octanol–water partition coefficient (Wildman–Crippen LogP) is 3.05. The third kappa shape index (κ3) is 3.71. The van der Waals surface area contributed by atoms with Crippen LogP contribution < -0.4 is 16.6 Å². The predicted molar refractivity (Wildman–Crippen MR) is 119 cm³/mol. The van der Waals surface area contributed by atoms with Gasteiger partial charge in [-0.05, 0) is 29.7 Å². The number of fused-ring (bicyclic) bond motifs is 1. The molecule has 1 N–H and O–H groups in total. The van der Waals surface area contributed by atoms with Crippen LogP contribution in [0.1, 0.15) is 26.4 Å². The molecule has 0 fully saturated rings. The minimum Gasteiger partial charge on any atom is -0.347 e. The highest BCUT2D eigenvalue weighted by Crippen LogP contribution is 2.22. The van der Waals surface area contributed by atoms with Gasteiger partial charge in [-0.2, -0.15) is 0 Å². The highest BCUT2D eigenvalue weighted by molar-refractivity contribution is 7.20. The molecule has 0 saturated carbocycles. The lowest BCUT2D eigenvalue weighted by Gasteiger charge is -2.08. The maximum atomic E-state index is 13.0. The van der Waals surface area contributed by atoms with Crippen LogP contribution in [0.2, 0.25) is 0 Å². The Morgan fingerprint density at radius 3 is 2.47 bits per heavy atom. The summed E-state index contributed by atoms with van der Waals surface area (Å²) in [5.74, 6) is -0.263. The van der Waals surface area contributed by atoms with E-state index in [2.05, 4.69) is 5.32 Å². The van der Waals surface area contributed by atoms with Gasteiger partial charge in [0.1, 0.15) is 4.83 Å². The van der Waals surface area contributed by atoms with Gasteiger partial charge in [-0.25, -0.2) is 4.79 Å². The molecule has 4 rings (SSSR count). The van der Waals surface area contributed by atoms with E-state index in [0.29, 0.717) is 21.6 Å². The molecule has 0 aliphatic rings. The Labute approximate surface area is 177 Å². The first-order valence-corrected chi connectivity index (χ1v) is 10.4. The van der Waals surface area contributed by atoms with Gasteiger partial charge in [-0.3, -0.25) is 18.7 Å². The summed E-state index contributed by atoms with van der Waals surface area (Å²) >= 11 is 1.15. The van der Waals surface area contributed by atoms with Crippen molar-refractivity contribution in [2.75, 3.05) is 0 Å². The average Bonchev–Trinajstić information content (AvgIpc) is 3.21. The quantitative estimate of drug-likeness (QED) is 0.540. The standard InChI is InChI=1S/C23H21N3O3S/c1-15-8-6-7-11-17(15)13-24-20(27)19-12-18-21(28)26(14-16-9-4-3-5-10-16)23(29)25(2)22(18)30-19/h3-12H,13-14H2,1-2H3,(H,24,27). The zero-order valence-electron chi connectivity index (χ0n) is 16.7. The van der Waals surface area contributed by atoms with E-state index in [1.54, 1.807) is 13.1 Å².